The van der Waals surface area contributed by atoms with Crippen LogP contribution < -0.4 is 10.6 Å². The van der Waals surface area contributed by atoms with Crippen molar-refractivity contribution in [3.8, 4) is 0 Å². The first-order valence-electron chi connectivity index (χ1n) is 5.57. The molecule has 0 saturated carbocycles. The number of carbonyl (C=O) groups excluding carboxylic acids is 2. The summed E-state index contributed by atoms with van der Waals surface area (Å²) in [6.45, 7) is 6.56. The highest BCUT2D eigenvalue weighted by atomic mass is 16.6. The van der Waals surface area contributed by atoms with E-state index >= 15 is 0 Å². The van der Waals surface area contributed by atoms with Gasteiger partial charge in [-0.15, -0.1) is 0 Å². The lowest BCUT2D eigenvalue weighted by Crippen LogP contribution is -2.38. The van der Waals surface area contributed by atoms with E-state index in [1.54, 1.807) is 27.9 Å². The van der Waals surface area contributed by atoms with Gasteiger partial charge >= 0.3 is 12.0 Å². The quantitative estimate of drug-likeness (QED) is 0.533. The number of rotatable bonds is 6. The summed E-state index contributed by atoms with van der Waals surface area (Å²) in [5, 5.41) is 5.13. The Kier molecular flexibility index (Phi) is 7.29. The van der Waals surface area contributed by atoms with E-state index in [2.05, 4.69) is 10.6 Å². The molecule has 6 heteroatoms. The summed E-state index contributed by atoms with van der Waals surface area (Å²) in [6, 6.07) is -0.314. The van der Waals surface area contributed by atoms with Crippen molar-refractivity contribution in [2.24, 2.45) is 0 Å². The Labute approximate surface area is 102 Å². The molecular weight excluding hydrogens is 224 g/mol. The summed E-state index contributed by atoms with van der Waals surface area (Å²) >= 11 is 0. The zero-order valence-corrected chi connectivity index (χ0v) is 11.0. The number of carbonyl (C=O) groups is 2. The summed E-state index contributed by atoms with van der Waals surface area (Å²) in [6.07, 6.45) is 0.162. The maximum absolute atomic E-state index is 11.3. The zero-order chi connectivity index (χ0) is 13.3. The van der Waals surface area contributed by atoms with Gasteiger partial charge in [-0.2, -0.15) is 0 Å². The molecular formula is C11H22N2O4. The first kappa shape index (κ1) is 15.7. The Bertz CT molecular complexity index is 248. The molecule has 0 bridgehead atoms. The van der Waals surface area contributed by atoms with E-state index in [-0.39, 0.29) is 25.0 Å². The van der Waals surface area contributed by atoms with Gasteiger partial charge in [0.2, 0.25) is 0 Å². The van der Waals surface area contributed by atoms with E-state index in [9.17, 15) is 9.59 Å². The predicted molar refractivity (Wildman–Crippen MR) is 63.7 cm³/mol. The fourth-order valence-corrected chi connectivity index (χ4v) is 1.000. The van der Waals surface area contributed by atoms with Crippen molar-refractivity contribution < 1.29 is 19.1 Å². The van der Waals surface area contributed by atoms with Crippen LogP contribution in [0.1, 0.15) is 27.2 Å². The van der Waals surface area contributed by atoms with Crippen LogP contribution in [0.25, 0.3) is 0 Å². The van der Waals surface area contributed by atoms with Gasteiger partial charge in [0.1, 0.15) is 5.60 Å². The maximum Gasteiger partial charge on any atom is 0.314 e. The van der Waals surface area contributed by atoms with E-state index in [0.29, 0.717) is 13.2 Å². The van der Waals surface area contributed by atoms with Gasteiger partial charge in [-0.1, -0.05) is 0 Å². The molecule has 0 heterocycles. The maximum atomic E-state index is 11.3. The van der Waals surface area contributed by atoms with Crippen molar-refractivity contribution in [3.63, 3.8) is 0 Å². The van der Waals surface area contributed by atoms with Crippen molar-refractivity contribution >= 4 is 12.0 Å². The van der Waals surface area contributed by atoms with E-state index in [4.69, 9.17) is 9.47 Å². The number of ether oxygens (including phenoxy) is 2. The van der Waals surface area contributed by atoms with Crippen LogP contribution in [-0.4, -0.2) is 44.4 Å². The number of amides is 2. The van der Waals surface area contributed by atoms with Crippen LogP contribution in [0.4, 0.5) is 4.79 Å². The lowest BCUT2D eigenvalue weighted by atomic mass is 10.2. The Morgan fingerprint density at radius 1 is 1.12 bits per heavy atom. The topological polar surface area (TPSA) is 76.7 Å². The number of nitrogens with one attached hydrogen (secondary N) is 2. The minimum absolute atomic E-state index is 0.162. The van der Waals surface area contributed by atoms with Crippen LogP contribution >= 0.6 is 0 Å². The third kappa shape index (κ3) is 11.0. The molecule has 0 unspecified atom stereocenters. The molecule has 2 amide bonds. The molecule has 0 aromatic rings. The molecule has 0 spiro atoms. The van der Waals surface area contributed by atoms with E-state index in [0.717, 1.165) is 0 Å². The van der Waals surface area contributed by atoms with Crippen LogP contribution in [0, 0.1) is 0 Å². The highest BCUT2D eigenvalue weighted by Crippen LogP contribution is 2.07. The molecule has 0 radical (unpaired) electrons. The van der Waals surface area contributed by atoms with Crippen LogP contribution in [0.15, 0.2) is 0 Å². The van der Waals surface area contributed by atoms with Gasteiger partial charge in [0.25, 0.3) is 0 Å². The highest BCUT2D eigenvalue weighted by molar-refractivity contribution is 5.75. The molecule has 100 valence electrons. The van der Waals surface area contributed by atoms with Gasteiger partial charge in [-0.3, -0.25) is 4.79 Å². The average molecular weight is 246 g/mol. The largest absolute Gasteiger partial charge is 0.460 e. The predicted octanol–water partition coefficient (Wildman–Crippen LogP) is 0.664. The molecule has 2 N–H and O–H groups in total. The van der Waals surface area contributed by atoms with Crippen LogP contribution in [0.5, 0.6) is 0 Å². The third-order valence-electron chi connectivity index (χ3n) is 1.63. The van der Waals surface area contributed by atoms with Crippen molar-refractivity contribution in [1.29, 1.82) is 0 Å². The minimum Gasteiger partial charge on any atom is -0.460 e. The molecule has 0 rings (SSSR count). The van der Waals surface area contributed by atoms with Crippen molar-refractivity contribution in [2.45, 2.75) is 32.8 Å². The van der Waals surface area contributed by atoms with Crippen LogP contribution in [0.3, 0.4) is 0 Å². The van der Waals surface area contributed by atoms with Gasteiger partial charge in [-0.25, -0.2) is 4.79 Å². The molecule has 0 aliphatic heterocycles. The monoisotopic (exact) mass is 246 g/mol. The molecule has 0 aliphatic carbocycles. The second kappa shape index (κ2) is 7.89. The number of hydrogen-bond acceptors (Lipinski definition) is 4. The Hall–Kier alpha value is -1.30. The Morgan fingerprint density at radius 2 is 1.71 bits per heavy atom. The molecule has 6 nitrogen and oxygen atoms in total. The number of urea groups is 1. The summed E-state index contributed by atoms with van der Waals surface area (Å²) in [5.74, 6) is -0.324. The van der Waals surface area contributed by atoms with Gasteiger partial charge in [0.05, 0.1) is 13.0 Å². The summed E-state index contributed by atoms with van der Waals surface area (Å²) < 4.78 is 9.86. The second-order valence-electron chi connectivity index (χ2n) is 4.51. The molecule has 0 aromatic carbocycles. The lowest BCUT2D eigenvalue weighted by Gasteiger charge is -2.19. The fraction of sp³-hybridized carbons (Fsp3) is 0.818. The minimum atomic E-state index is -0.488. The highest BCUT2D eigenvalue weighted by Gasteiger charge is 2.15. The SMILES string of the molecule is COCCNC(=O)NCCC(=O)OC(C)(C)C. The summed E-state index contributed by atoms with van der Waals surface area (Å²) in [7, 11) is 1.56. The van der Waals surface area contributed by atoms with Gasteiger partial charge in [-0.05, 0) is 20.8 Å². The standard InChI is InChI=1S/C11H22N2O4/c1-11(2,3)17-9(14)5-6-12-10(15)13-7-8-16-4/h5-8H2,1-4H3,(H2,12,13,15). The van der Waals surface area contributed by atoms with Crippen molar-refractivity contribution in [3.05, 3.63) is 0 Å². The molecule has 0 aromatic heterocycles. The molecule has 17 heavy (non-hydrogen) atoms. The second-order valence-corrected chi connectivity index (χ2v) is 4.51. The Balaban J connectivity index is 3.56. The molecule has 0 fully saturated rings. The Morgan fingerprint density at radius 3 is 2.24 bits per heavy atom. The van der Waals surface area contributed by atoms with Gasteiger partial charge < -0.3 is 20.1 Å². The van der Waals surface area contributed by atoms with Crippen molar-refractivity contribution in [1.82, 2.24) is 10.6 Å². The normalized spacial score (nSPS) is 10.8. The van der Waals surface area contributed by atoms with E-state index in [1.165, 1.54) is 0 Å². The summed E-state index contributed by atoms with van der Waals surface area (Å²) in [5.41, 5.74) is -0.488. The first-order chi connectivity index (χ1) is 7.85. The molecule has 0 saturated heterocycles. The fourth-order valence-electron chi connectivity index (χ4n) is 1.000. The van der Waals surface area contributed by atoms with Crippen LogP contribution in [-0.2, 0) is 14.3 Å². The third-order valence-corrected chi connectivity index (χ3v) is 1.63. The summed E-state index contributed by atoms with van der Waals surface area (Å²) in [4.78, 5) is 22.4. The average Bonchev–Trinajstić information content (AvgIpc) is 2.15. The van der Waals surface area contributed by atoms with E-state index in [1.807, 2.05) is 0 Å². The number of methoxy groups -OCH3 is 1. The first-order valence-corrected chi connectivity index (χ1v) is 5.57. The van der Waals surface area contributed by atoms with E-state index < -0.39 is 5.60 Å². The molecule has 0 aliphatic rings. The smallest absolute Gasteiger partial charge is 0.314 e. The van der Waals surface area contributed by atoms with Gasteiger partial charge in [0.15, 0.2) is 0 Å². The van der Waals surface area contributed by atoms with Crippen LogP contribution in [0.2, 0.25) is 0 Å². The zero-order valence-electron chi connectivity index (χ0n) is 11.0. The number of hydrogen-bond donors (Lipinski definition) is 2. The lowest BCUT2D eigenvalue weighted by molar-refractivity contribution is -0.154. The number of esters is 1. The van der Waals surface area contributed by atoms with Gasteiger partial charge in [0, 0.05) is 20.2 Å². The molecule has 0 atom stereocenters. The van der Waals surface area contributed by atoms with Crippen molar-refractivity contribution in [2.75, 3.05) is 26.8 Å².